The summed E-state index contributed by atoms with van der Waals surface area (Å²) in [6.07, 6.45) is 0.739. The Morgan fingerprint density at radius 1 is 1.13 bits per heavy atom. The van der Waals surface area contributed by atoms with Crippen molar-refractivity contribution < 1.29 is 23.1 Å². The molecule has 6 heteroatoms. The smallest absolute Gasteiger partial charge is 0.341 e. The summed E-state index contributed by atoms with van der Waals surface area (Å²) >= 11 is 0. The number of esters is 1. The molecular formula is C17H13F2NO3. The number of anilines is 1. The Hall–Kier alpha value is -2.76. The molecule has 0 aliphatic carbocycles. The fourth-order valence-electron chi connectivity index (χ4n) is 2.54. The zero-order valence-corrected chi connectivity index (χ0v) is 12.1. The Balaban J connectivity index is 1.65. The van der Waals surface area contributed by atoms with E-state index in [1.165, 1.54) is 4.90 Å². The van der Waals surface area contributed by atoms with Crippen LogP contribution in [0.3, 0.4) is 0 Å². The third-order valence-electron chi connectivity index (χ3n) is 3.67. The average molecular weight is 317 g/mol. The first-order valence-electron chi connectivity index (χ1n) is 7.06. The highest BCUT2D eigenvalue weighted by molar-refractivity contribution is 5.98. The summed E-state index contributed by atoms with van der Waals surface area (Å²) < 4.78 is 31.1. The molecular weight excluding hydrogens is 304 g/mol. The monoisotopic (exact) mass is 317 g/mol. The van der Waals surface area contributed by atoms with Gasteiger partial charge in [0, 0.05) is 18.3 Å². The molecule has 2 aromatic carbocycles. The van der Waals surface area contributed by atoms with Gasteiger partial charge in [0.05, 0.1) is 5.56 Å². The van der Waals surface area contributed by atoms with Crippen molar-refractivity contribution in [3.63, 3.8) is 0 Å². The van der Waals surface area contributed by atoms with E-state index in [9.17, 15) is 18.4 Å². The number of carbonyl (C=O) groups is 2. The lowest BCUT2D eigenvalue weighted by atomic mass is 10.2. The third kappa shape index (κ3) is 3.06. The standard InChI is InChI=1S/C17H13F2NO3/c18-12-5-6-13(14(19)9-12)17(22)23-10-16(21)20-8-7-11-3-1-2-4-15(11)20/h1-6,9H,7-8,10H2. The number of fused-ring (bicyclic) bond motifs is 1. The minimum atomic E-state index is -1.02. The molecule has 1 aliphatic rings. The van der Waals surface area contributed by atoms with Crippen molar-refractivity contribution in [3.05, 3.63) is 65.2 Å². The molecule has 0 N–H and O–H groups in total. The fourth-order valence-corrected chi connectivity index (χ4v) is 2.54. The molecule has 0 atom stereocenters. The van der Waals surface area contributed by atoms with Crippen LogP contribution in [-0.2, 0) is 16.0 Å². The van der Waals surface area contributed by atoms with Crippen LogP contribution in [0.25, 0.3) is 0 Å². The van der Waals surface area contributed by atoms with E-state index in [-0.39, 0.29) is 5.91 Å². The molecule has 0 saturated carbocycles. The molecule has 0 radical (unpaired) electrons. The molecule has 0 spiro atoms. The van der Waals surface area contributed by atoms with Gasteiger partial charge in [-0.15, -0.1) is 0 Å². The second kappa shape index (κ2) is 6.16. The van der Waals surface area contributed by atoms with Crippen molar-refractivity contribution in [2.75, 3.05) is 18.1 Å². The number of halogens is 2. The van der Waals surface area contributed by atoms with Crippen LogP contribution >= 0.6 is 0 Å². The van der Waals surface area contributed by atoms with Crippen molar-refractivity contribution in [1.82, 2.24) is 0 Å². The van der Waals surface area contributed by atoms with E-state index < -0.39 is 29.8 Å². The average Bonchev–Trinajstić information content (AvgIpc) is 2.96. The second-order valence-corrected chi connectivity index (χ2v) is 5.12. The topological polar surface area (TPSA) is 46.6 Å². The summed E-state index contributed by atoms with van der Waals surface area (Å²) in [5.74, 6) is -3.19. The second-order valence-electron chi connectivity index (χ2n) is 5.12. The lowest BCUT2D eigenvalue weighted by molar-refractivity contribution is -0.121. The normalized spacial score (nSPS) is 12.9. The Kier molecular flexibility index (Phi) is 4.06. The van der Waals surface area contributed by atoms with Gasteiger partial charge < -0.3 is 9.64 Å². The van der Waals surface area contributed by atoms with Crippen LogP contribution in [0.5, 0.6) is 0 Å². The fraction of sp³-hybridized carbons (Fsp3) is 0.176. The van der Waals surface area contributed by atoms with E-state index in [0.717, 1.165) is 29.8 Å². The summed E-state index contributed by atoms with van der Waals surface area (Å²) in [5.41, 5.74) is 1.44. The minimum Gasteiger partial charge on any atom is -0.452 e. The van der Waals surface area contributed by atoms with Crippen molar-refractivity contribution >= 4 is 17.6 Å². The lowest BCUT2D eigenvalue weighted by Gasteiger charge is -2.17. The Bertz CT molecular complexity index is 776. The molecule has 0 unspecified atom stereocenters. The zero-order chi connectivity index (χ0) is 16.4. The summed E-state index contributed by atoms with van der Waals surface area (Å²) in [6, 6.07) is 10.0. The largest absolute Gasteiger partial charge is 0.452 e. The Morgan fingerprint density at radius 2 is 1.91 bits per heavy atom. The summed E-state index contributed by atoms with van der Waals surface area (Å²) in [6.45, 7) is 0.0185. The minimum absolute atomic E-state index is 0.384. The van der Waals surface area contributed by atoms with E-state index in [0.29, 0.717) is 12.6 Å². The van der Waals surface area contributed by atoms with Gasteiger partial charge in [-0.3, -0.25) is 4.79 Å². The predicted octanol–water partition coefficient (Wildman–Crippen LogP) is 2.71. The number of rotatable bonds is 3. The van der Waals surface area contributed by atoms with Crippen LogP contribution in [0.1, 0.15) is 15.9 Å². The van der Waals surface area contributed by atoms with E-state index in [1.54, 1.807) is 0 Å². The van der Waals surface area contributed by atoms with E-state index in [1.807, 2.05) is 24.3 Å². The summed E-state index contributed by atoms with van der Waals surface area (Å²) in [4.78, 5) is 25.5. The quantitative estimate of drug-likeness (QED) is 0.818. The van der Waals surface area contributed by atoms with Crippen molar-refractivity contribution in [1.29, 1.82) is 0 Å². The number of ether oxygens (including phenoxy) is 1. The molecule has 1 aliphatic heterocycles. The van der Waals surface area contributed by atoms with Gasteiger partial charge >= 0.3 is 5.97 Å². The molecule has 118 valence electrons. The molecule has 0 saturated heterocycles. The highest BCUT2D eigenvalue weighted by Crippen LogP contribution is 2.27. The Morgan fingerprint density at radius 3 is 2.70 bits per heavy atom. The number of carbonyl (C=O) groups excluding carboxylic acids is 2. The van der Waals surface area contributed by atoms with Crippen molar-refractivity contribution in [2.24, 2.45) is 0 Å². The zero-order valence-electron chi connectivity index (χ0n) is 12.1. The van der Waals surface area contributed by atoms with Gasteiger partial charge in [0.2, 0.25) is 0 Å². The molecule has 1 heterocycles. The van der Waals surface area contributed by atoms with E-state index >= 15 is 0 Å². The first-order chi connectivity index (χ1) is 11.1. The number of nitrogens with zero attached hydrogens (tertiary/aromatic N) is 1. The number of amides is 1. The Labute approximate surface area is 131 Å². The highest BCUT2D eigenvalue weighted by atomic mass is 19.1. The maximum atomic E-state index is 13.5. The van der Waals surface area contributed by atoms with Crippen LogP contribution in [0.15, 0.2) is 42.5 Å². The molecule has 1 amide bonds. The summed E-state index contributed by atoms with van der Waals surface area (Å²) in [7, 11) is 0. The van der Waals surface area contributed by atoms with Crippen LogP contribution < -0.4 is 4.90 Å². The van der Waals surface area contributed by atoms with Gasteiger partial charge in [0.1, 0.15) is 11.6 Å². The molecule has 0 bridgehead atoms. The maximum Gasteiger partial charge on any atom is 0.341 e. The molecule has 4 nitrogen and oxygen atoms in total. The van der Waals surface area contributed by atoms with Crippen molar-refractivity contribution in [3.8, 4) is 0 Å². The van der Waals surface area contributed by atoms with Gasteiger partial charge in [0.25, 0.3) is 5.91 Å². The molecule has 3 rings (SSSR count). The SMILES string of the molecule is O=C(OCC(=O)N1CCc2ccccc21)c1ccc(F)cc1F. The van der Waals surface area contributed by atoms with Crippen LogP contribution in [-0.4, -0.2) is 25.0 Å². The third-order valence-corrected chi connectivity index (χ3v) is 3.67. The van der Waals surface area contributed by atoms with Gasteiger partial charge in [0.15, 0.2) is 6.61 Å². The number of hydrogen-bond donors (Lipinski definition) is 0. The van der Waals surface area contributed by atoms with Gasteiger partial charge in [-0.1, -0.05) is 18.2 Å². The van der Waals surface area contributed by atoms with Crippen LogP contribution in [0, 0.1) is 11.6 Å². The van der Waals surface area contributed by atoms with Crippen molar-refractivity contribution in [2.45, 2.75) is 6.42 Å². The first-order valence-corrected chi connectivity index (χ1v) is 7.06. The lowest BCUT2D eigenvalue weighted by Crippen LogP contribution is -2.33. The van der Waals surface area contributed by atoms with Crippen LogP contribution in [0.2, 0.25) is 0 Å². The summed E-state index contributed by atoms with van der Waals surface area (Å²) in [5, 5.41) is 0. The number of para-hydroxylation sites is 1. The molecule has 0 aromatic heterocycles. The van der Waals surface area contributed by atoms with Gasteiger partial charge in [-0.2, -0.15) is 0 Å². The molecule has 0 fully saturated rings. The first kappa shape index (κ1) is 15.1. The van der Waals surface area contributed by atoms with Gasteiger partial charge in [-0.25, -0.2) is 13.6 Å². The predicted molar refractivity (Wildman–Crippen MR) is 79.1 cm³/mol. The molecule has 2 aromatic rings. The van der Waals surface area contributed by atoms with E-state index in [2.05, 4.69) is 0 Å². The maximum absolute atomic E-state index is 13.5. The number of benzene rings is 2. The highest BCUT2D eigenvalue weighted by Gasteiger charge is 2.25. The van der Waals surface area contributed by atoms with Gasteiger partial charge in [-0.05, 0) is 30.2 Å². The van der Waals surface area contributed by atoms with E-state index in [4.69, 9.17) is 4.74 Å². The number of hydrogen-bond acceptors (Lipinski definition) is 3. The molecule has 23 heavy (non-hydrogen) atoms. The van der Waals surface area contributed by atoms with Crippen LogP contribution in [0.4, 0.5) is 14.5 Å².